The first-order valence-corrected chi connectivity index (χ1v) is 4.26. The zero-order valence-corrected chi connectivity index (χ0v) is 7.68. The first-order valence-electron chi connectivity index (χ1n) is 4.26. The van der Waals surface area contributed by atoms with E-state index in [1.54, 1.807) is 18.2 Å². The highest BCUT2D eigenvalue weighted by molar-refractivity contribution is 5.68. The van der Waals surface area contributed by atoms with E-state index in [9.17, 15) is 4.79 Å². The van der Waals surface area contributed by atoms with Gasteiger partial charge in [-0.2, -0.15) is 0 Å². The number of benzene rings is 1. The number of phenolic OH excluding ortho intramolecular Hbond substituents is 1. The van der Waals surface area contributed by atoms with E-state index in [1.807, 2.05) is 0 Å². The highest BCUT2D eigenvalue weighted by atomic mass is 16.4. The molecule has 0 saturated carbocycles. The fourth-order valence-electron chi connectivity index (χ4n) is 1.25. The lowest BCUT2D eigenvalue weighted by Crippen LogP contribution is -2.03. The number of aliphatic carboxylic acids is 1. The summed E-state index contributed by atoms with van der Waals surface area (Å²) in [5, 5.41) is 17.7. The van der Waals surface area contributed by atoms with Crippen molar-refractivity contribution in [1.29, 1.82) is 0 Å². The zero-order valence-electron chi connectivity index (χ0n) is 7.68. The van der Waals surface area contributed by atoms with Gasteiger partial charge in [-0.15, -0.1) is 6.58 Å². The maximum absolute atomic E-state index is 10.5. The molecule has 0 fully saturated rings. The molecule has 0 saturated heterocycles. The van der Waals surface area contributed by atoms with Gasteiger partial charge in [0.25, 0.3) is 0 Å². The number of aromatic hydroxyl groups is 1. The summed E-state index contributed by atoms with van der Waals surface area (Å²) >= 11 is 0. The zero-order chi connectivity index (χ0) is 10.6. The minimum absolute atomic E-state index is 0.0221. The van der Waals surface area contributed by atoms with Crippen molar-refractivity contribution in [2.75, 3.05) is 0 Å². The van der Waals surface area contributed by atoms with Crippen LogP contribution in [0.2, 0.25) is 0 Å². The molecule has 0 radical (unpaired) electrons. The minimum Gasteiger partial charge on any atom is -0.508 e. The number of hydrogen-bond donors (Lipinski definition) is 2. The molecule has 0 spiro atoms. The van der Waals surface area contributed by atoms with Gasteiger partial charge in [0.05, 0.1) is 6.42 Å². The Morgan fingerprint density at radius 3 is 2.43 bits per heavy atom. The third-order valence-corrected chi connectivity index (χ3v) is 2.00. The molecule has 1 rings (SSSR count). The van der Waals surface area contributed by atoms with Crippen LogP contribution in [-0.4, -0.2) is 16.2 Å². The molecule has 0 aromatic heterocycles. The molecular weight excluding hydrogens is 180 g/mol. The van der Waals surface area contributed by atoms with Gasteiger partial charge < -0.3 is 10.2 Å². The Kier molecular flexibility index (Phi) is 3.29. The molecule has 14 heavy (non-hydrogen) atoms. The van der Waals surface area contributed by atoms with Crippen LogP contribution in [0.5, 0.6) is 5.75 Å². The predicted molar refractivity (Wildman–Crippen MR) is 53.3 cm³/mol. The molecule has 0 heterocycles. The predicted octanol–water partition coefficient (Wildman–Crippen LogP) is 2.14. The van der Waals surface area contributed by atoms with E-state index in [2.05, 4.69) is 6.58 Å². The first-order chi connectivity index (χ1) is 6.63. The van der Waals surface area contributed by atoms with Crippen LogP contribution < -0.4 is 0 Å². The summed E-state index contributed by atoms with van der Waals surface area (Å²) in [6.07, 6.45) is 1.62. The van der Waals surface area contributed by atoms with Gasteiger partial charge in [0.1, 0.15) is 5.75 Å². The van der Waals surface area contributed by atoms with Crippen LogP contribution in [-0.2, 0) is 4.79 Å². The van der Waals surface area contributed by atoms with Gasteiger partial charge in [0.2, 0.25) is 0 Å². The van der Waals surface area contributed by atoms with E-state index < -0.39 is 5.97 Å². The maximum atomic E-state index is 10.5. The molecular formula is C11H12O3. The largest absolute Gasteiger partial charge is 0.508 e. The Morgan fingerprint density at radius 1 is 1.43 bits per heavy atom. The Balaban J connectivity index is 2.84. The molecule has 74 valence electrons. The van der Waals surface area contributed by atoms with Crippen molar-refractivity contribution in [2.45, 2.75) is 12.3 Å². The lowest BCUT2D eigenvalue weighted by Gasteiger charge is -2.09. The van der Waals surface area contributed by atoms with Gasteiger partial charge >= 0.3 is 5.97 Å². The van der Waals surface area contributed by atoms with Crippen molar-refractivity contribution in [2.24, 2.45) is 0 Å². The molecule has 0 aliphatic carbocycles. The third kappa shape index (κ3) is 2.62. The van der Waals surface area contributed by atoms with Gasteiger partial charge in [-0.3, -0.25) is 4.79 Å². The van der Waals surface area contributed by atoms with Crippen LogP contribution in [0.3, 0.4) is 0 Å². The van der Waals surface area contributed by atoms with E-state index in [1.165, 1.54) is 12.1 Å². The number of hydrogen-bond acceptors (Lipinski definition) is 2. The number of carboxylic acids is 1. The van der Waals surface area contributed by atoms with Gasteiger partial charge in [-0.25, -0.2) is 0 Å². The van der Waals surface area contributed by atoms with Crippen molar-refractivity contribution in [3.05, 3.63) is 42.5 Å². The van der Waals surface area contributed by atoms with E-state index in [0.29, 0.717) is 0 Å². The smallest absolute Gasteiger partial charge is 0.304 e. The second-order valence-electron chi connectivity index (χ2n) is 3.03. The van der Waals surface area contributed by atoms with E-state index in [4.69, 9.17) is 10.2 Å². The van der Waals surface area contributed by atoms with Crippen LogP contribution in [0.4, 0.5) is 0 Å². The molecule has 3 nitrogen and oxygen atoms in total. The Bertz CT molecular complexity index is 327. The highest BCUT2D eigenvalue weighted by Gasteiger charge is 2.11. The molecule has 0 unspecified atom stereocenters. The van der Waals surface area contributed by atoms with Crippen LogP contribution in [0.25, 0.3) is 0 Å². The summed E-state index contributed by atoms with van der Waals surface area (Å²) in [6.45, 7) is 3.59. The number of carboxylic acid groups (broad SMARTS) is 1. The lowest BCUT2D eigenvalue weighted by molar-refractivity contribution is -0.137. The average Bonchev–Trinajstić information content (AvgIpc) is 2.15. The third-order valence-electron chi connectivity index (χ3n) is 2.00. The normalized spacial score (nSPS) is 12.0. The van der Waals surface area contributed by atoms with Gasteiger partial charge in [0.15, 0.2) is 0 Å². The molecule has 3 heteroatoms. The van der Waals surface area contributed by atoms with E-state index in [-0.39, 0.29) is 18.1 Å². The van der Waals surface area contributed by atoms with Crippen LogP contribution in [0.15, 0.2) is 36.9 Å². The number of allylic oxidation sites excluding steroid dienone is 1. The van der Waals surface area contributed by atoms with Crippen molar-refractivity contribution in [1.82, 2.24) is 0 Å². The van der Waals surface area contributed by atoms with Crippen molar-refractivity contribution >= 4 is 5.97 Å². The molecule has 0 aliphatic heterocycles. The Morgan fingerprint density at radius 2 is 2.00 bits per heavy atom. The van der Waals surface area contributed by atoms with Crippen LogP contribution in [0.1, 0.15) is 17.9 Å². The summed E-state index contributed by atoms with van der Waals surface area (Å²) in [6, 6.07) is 6.47. The Labute approximate surface area is 82.3 Å². The summed E-state index contributed by atoms with van der Waals surface area (Å²) in [5.74, 6) is -0.886. The van der Waals surface area contributed by atoms with Gasteiger partial charge in [0, 0.05) is 5.92 Å². The molecule has 0 aliphatic rings. The van der Waals surface area contributed by atoms with Crippen LogP contribution >= 0.6 is 0 Å². The van der Waals surface area contributed by atoms with E-state index in [0.717, 1.165) is 5.56 Å². The second-order valence-corrected chi connectivity index (χ2v) is 3.03. The number of carbonyl (C=O) groups is 1. The molecule has 2 N–H and O–H groups in total. The average molecular weight is 192 g/mol. The monoisotopic (exact) mass is 192 g/mol. The molecule has 1 aromatic carbocycles. The van der Waals surface area contributed by atoms with Gasteiger partial charge in [-0.05, 0) is 17.7 Å². The van der Waals surface area contributed by atoms with Crippen LogP contribution in [0, 0.1) is 0 Å². The summed E-state index contributed by atoms with van der Waals surface area (Å²) in [5.41, 5.74) is 0.847. The standard InChI is InChI=1S/C11H12O3/c1-2-8(7-11(13)14)9-3-5-10(12)6-4-9/h2-6,8,12H,1,7H2,(H,13,14)/t8-/m0/s1. The van der Waals surface area contributed by atoms with Crippen molar-refractivity contribution in [3.63, 3.8) is 0 Å². The minimum atomic E-state index is -0.858. The lowest BCUT2D eigenvalue weighted by atomic mass is 9.96. The fraction of sp³-hybridized carbons (Fsp3) is 0.182. The SMILES string of the molecule is C=C[C@@H](CC(=O)O)c1ccc(O)cc1. The fourth-order valence-corrected chi connectivity index (χ4v) is 1.25. The maximum Gasteiger partial charge on any atom is 0.304 e. The summed E-state index contributed by atoms with van der Waals surface area (Å²) < 4.78 is 0. The van der Waals surface area contributed by atoms with Crippen molar-refractivity contribution in [3.8, 4) is 5.75 Å². The first kappa shape index (κ1) is 10.3. The molecule has 0 bridgehead atoms. The molecule has 1 atom stereocenters. The molecule has 1 aromatic rings. The second kappa shape index (κ2) is 4.46. The molecule has 0 amide bonds. The number of rotatable bonds is 4. The van der Waals surface area contributed by atoms with Crippen molar-refractivity contribution < 1.29 is 15.0 Å². The quantitative estimate of drug-likeness (QED) is 0.718. The van der Waals surface area contributed by atoms with E-state index >= 15 is 0 Å². The number of phenols is 1. The highest BCUT2D eigenvalue weighted by Crippen LogP contribution is 2.22. The summed E-state index contributed by atoms with van der Waals surface area (Å²) in [4.78, 5) is 10.5. The van der Waals surface area contributed by atoms with Gasteiger partial charge in [-0.1, -0.05) is 18.2 Å². The summed E-state index contributed by atoms with van der Waals surface area (Å²) in [7, 11) is 0. The topological polar surface area (TPSA) is 57.5 Å². The Hall–Kier alpha value is -1.77.